The van der Waals surface area contributed by atoms with Crippen molar-refractivity contribution >= 4 is 0 Å². The monoisotopic (exact) mass is 379 g/mol. The molecule has 3 aromatic rings. The molecule has 1 unspecified atom stereocenters. The zero-order chi connectivity index (χ0) is 19.8. The van der Waals surface area contributed by atoms with Gasteiger partial charge in [-0.2, -0.15) is 0 Å². The maximum atomic E-state index is 5.88. The first-order valence-corrected chi connectivity index (χ1v) is 10.00. The molecule has 5 heteroatoms. The van der Waals surface area contributed by atoms with Crippen LogP contribution in [0.3, 0.4) is 0 Å². The molecule has 0 saturated carbocycles. The highest BCUT2D eigenvalue weighted by Crippen LogP contribution is 2.25. The first-order chi connectivity index (χ1) is 13.7. The second-order valence-corrected chi connectivity index (χ2v) is 6.86. The fraction of sp³-hybridized carbons (Fsp3) is 0.391. The molecule has 0 aliphatic rings. The van der Waals surface area contributed by atoms with E-state index in [2.05, 4.69) is 71.0 Å². The Bertz CT molecular complexity index is 858. The van der Waals surface area contributed by atoms with E-state index in [0.29, 0.717) is 24.8 Å². The van der Waals surface area contributed by atoms with Crippen molar-refractivity contribution in [3.8, 4) is 11.1 Å². The minimum atomic E-state index is -0.215. The van der Waals surface area contributed by atoms with E-state index >= 15 is 0 Å². The number of rotatable bonds is 10. The number of nitrogens with zero attached hydrogens (tertiary/aromatic N) is 2. The number of hydrogen-bond acceptors (Lipinski definition) is 5. The van der Waals surface area contributed by atoms with Gasteiger partial charge in [-0.25, -0.2) is 0 Å². The van der Waals surface area contributed by atoms with Gasteiger partial charge in [0, 0.05) is 26.0 Å². The highest BCUT2D eigenvalue weighted by molar-refractivity contribution is 5.64. The van der Waals surface area contributed by atoms with Crippen molar-refractivity contribution in [2.45, 2.75) is 45.8 Å². The number of nitrogens with one attached hydrogen (secondary N) is 1. The van der Waals surface area contributed by atoms with Gasteiger partial charge in [-0.05, 0) is 48.7 Å². The van der Waals surface area contributed by atoms with E-state index in [1.54, 1.807) is 0 Å². The van der Waals surface area contributed by atoms with E-state index in [1.807, 2.05) is 14.0 Å². The molecule has 5 nitrogen and oxygen atoms in total. The maximum Gasteiger partial charge on any atom is 0.245 e. The average molecular weight is 380 g/mol. The second kappa shape index (κ2) is 10.2. The smallest absolute Gasteiger partial charge is 0.245 e. The van der Waals surface area contributed by atoms with Gasteiger partial charge in [-0.15, -0.1) is 10.2 Å². The quantitative estimate of drug-likeness (QED) is 0.552. The van der Waals surface area contributed by atoms with Crippen molar-refractivity contribution in [1.29, 1.82) is 0 Å². The molecule has 0 radical (unpaired) electrons. The van der Waals surface area contributed by atoms with E-state index in [1.165, 1.54) is 22.3 Å². The van der Waals surface area contributed by atoms with Crippen LogP contribution < -0.4 is 5.32 Å². The van der Waals surface area contributed by atoms with Crippen LogP contribution in [0.5, 0.6) is 0 Å². The van der Waals surface area contributed by atoms with Crippen LogP contribution in [0, 0.1) is 0 Å². The van der Waals surface area contributed by atoms with Crippen molar-refractivity contribution in [3.63, 3.8) is 0 Å². The van der Waals surface area contributed by atoms with E-state index in [-0.39, 0.29) is 6.10 Å². The molecular weight excluding hydrogens is 350 g/mol. The molecule has 148 valence electrons. The first kappa shape index (κ1) is 20.2. The van der Waals surface area contributed by atoms with Gasteiger partial charge in [0.15, 0.2) is 0 Å². The molecule has 3 rings (SSSR count). The Hall–Kier alpha value is -2.50. The maximum absolute atomic E-state index is 5.88. The van der Waals surface area contributed by atoms with Crippen molar-refractivity contribution in [1.82, 2.24) is 15.5 Å². The summed E-state index contributed by atoms with van der Waals surface area (Å²) in [6.45, 7) is 5.55. The fourth-order valence-electron chi connectivity index (χ4n) is 3.24. The molecule has 0 fully saturated rings. The molecule has 0 bridgehead atoms. The Morgan fingerprint density at radius 3 is 2.54 bits per heavy atom. The van der Waals surface area contributed by atoms with E-state index < -0.39 is 0 Å². The van der Waals surface area contributed by atoms with Gasteiger partial charge in [0.1, 0.15) is 6.10 Å². The van der Waals surface area contributed by atoms with Crippen LogP contribution in [0.1, 0.15) is 49.3 Å². The lowest BCUT2D eigenvalue weighted by Gasteiger charge is -2.13. The van der Waals surface area contributed by atoms with Gasteiger partial charge in [0.25, 0.3) is 0 Å². The van der Waals surface area contributed by atoms with Gasteiger partial charge < -0.3 is 14.5 Å². The summed E-state index contributed by atoms with van der Waals surface area (Å²) in [5.41, 5.74) is 4.89. The number of ether oxygens (including phenoxy) is 1. The van der Waals surface area contributed by atoms with Gasteiger partial charge in [0.05, 0.1) is 0 Å². The lowest BCUT2D eigenvalue weighted by Crippen LogP contribution is -2.08. The molecule has 0 aliphatic carbocycles. The highest BCUT2D eigenvalue weighted by atomic mass is 16.5. The topological polar surface area (TPSA) is 60.2 Å². The predicted octanol–water partition coefficient (Wildman–Crippen LogP) is 4.73. The Morgan fingerprint density at radius 2 is 1.82 bits per heavy atom. The van der Waals surface area contributed by atoms with Crippen LogP contribution in [0.15, 0.2) is 52.9 Å². The summed E-state index contributed by atoms with van der Waals surface area (Å²) in [6.07, 6.45) is 2.28. The Labute approximate surface area is 167 Å². The summed E-state index contributed by atoms with van der Waals surface area (Å²) < 4.78 is 11.7. The van der Waals surface area contributed by atoms with Crippen LogP contribution >= 0.6 is 0 Å². The van der Waals surface area contributed by atoms with Crippen molar-refractivity contribution in [3.05, 3.63) is 71.4 Å². The molecule has 1 atom stereocenters. The van der Waals surface area contributed by atoms with Crippen LogP contribution in [0.25, 0.3) is 11.1 Å². The molecule has 1 aromatic heterocycles. The number of hydrogen-bond donors (Lipinski definition) is 1. The van der Waals surface area contributed by atoms with Crippen LogP contribution in [-0.4, -0.2) is 23.9 Å². The predicted molar refractivity (Wildman–Crippen MR) is 111 cm³/mol. The molecule has 0 saturated heterocycles. The first-order valence-electron chi connectivity index (χ1n) is 10.00. The molecule has 0 aliphatic heterocycles. The summed E-state index contributed by atoms with van der Waals surface area (Å²) in [5, 5.41) is 11.5. The van der Waals surface area contributed by atoms with Crippen molar-refractivity contribution in [2.75, 3.05) is 13.7 Å². The summed E-state index contributed by atoms with van der Waals surface area (Å²) in [6, 6.07) is 17.2. The molecule has 0 spiro atoms. The molecule has 1 heterocycles. The average Bonchev–Trinajstić information content (AvgIpc) is 3.18. The third-order valence-electron chi connectivity index (χ3n) is 4.61. The van der Waals surface area contributed by atoms with E-state index in [4.69, 9.17) is 9.15 Å². The third-order valence-corrected chi connectivity index (χ3v) is 4.61. The van der Waals surface area contributed by atoms with Crippen LogP contribution in [-0.2, 0) is 24.1 Å². The van der Waals surface area contributed by atoms with Crippen molar-refractivity contribution < 1.29 is 9.15 Å². The summed E-state index contributed by atoms with van der Waals surface area (Å²) in [4.78, 5) is 0. The molecule has 1 N–H and O–H groups in total. The van der Waals surface area contributed by atoms with Gasteiger partial charge in [-0.1, -0.05) is 49.4 Å². The number of aromatic nitrogens is 2. The summed E-state index contributed by atoms with van der Waals surface area (Å²) >= 11 is 0. The Kier molecular flexibility index (Phi) is 7.34. The molecule has 0 amide bonds. The third kappa shape index (κ3) is 5.27. The largest absolute Gasteiger partial charge is 0.422 e. The van der Waals surface area contributed by atoms with Gasteiger partial charge >= 0.3 is 0 Å². The second-order valence-electron chi connectivity index (χ2n) is 6.86. The standard InChI is InChI=1S/C23H29N3O2/c1-4-7-22-25-26-23(28-22)21(27-5-2)15-17-10-12-19(13-11-17)20-9-6-8-18(14-20)16-24-3/h6,8-14,21,24H,4-5,7,15-16H2,1-3H3. The lowest BCUT2D eigenvalue weighted by atomic mass is 10.00. The van der Waals surface area contributed by atoms with Gasteiger partial charge in [-0.3, -0.25) is 0 Å². The lowest BCUT2D eigenvalue weighted by molar-refractivity contribution is 0.0422. The fourth-order valence-corrected chi connectivity index (χ4v) is 3.24. The Balaban J connectivity index is 1.73. The minimum absolute atomic E-state index is 0.215. The van der Waals surface area contributed by atoms with Crippen LogP contribution in [0.2, 0.25) is 0 Å². The molecular formula is C23H29N3O2. The van der Waals surface area contributed by atoms with Crippen LogP contribution in [0.4, 0.5) is 0 Å². The number of aryl methyl sites for hydroxylation is 1. The highest BCUT2D eigenvalue weighted by Gasteiger charge is 2.19. The van der Waals surface area contributed by atoms with Crippen molar-refractivity contribution in [2.24, 2.45) is 0 Å². The summed E-state index contributed by atoms with van der Waals surface area (Å²) in [5.74, 6) is 1.24. The number of benzene rings is 2. The molecule has 28 heavy (non-hydrogen) atoms. The van der Waals surface area contributed by atoms with E-state index in [9.17, 15) is 0 Å². The normalized spacial score (nSPS) is 12.2. The zero-order valence-corrected chi connectivity index (χ0v) is 16.9. The SMILES string of the molecule is CCCc1nnc(C(Cc2ccc(-c3cccc(CNC)c3)cc2)OCC)o1. The molecule has 2 aromatic carbocycles. The minimum Gasteiger partial charge on any atom is -0.422 e. The van der Waals surface area contributed by atoms with E-state index in [0.717, 1.165) is 19.4 Å². The summed E-state index contributed by atoms with van der Waals surface area (Å²) in [7, 11) is 1.96. The van der Waals surface area contributed by atoms with Gasteiger partial charge in [0.2, 0.25) is 11.8 Å². The zero-order valence-electron chi connectivity index (χ0n) is 16.9. The Morgan fingerprint density at radius 1 is 1.00 bits per heavy atom.